The fourth-order valence-corrected chi connectivity index (χ4v) is 1.88. The Bertz CT molecular complexity index is 409. The Morgan fingerprint density at radius 3 is 2.58 bits per heavy atom. The van der Waals surface area contributed by atoms with Crippen LogP contribution in [0.2, 0.25) is 10.3 Å². The predicted octanol–water partition coefficient (Wildman–Crippen LogP) is 1.70. The van der Waals surface area contributed by atoms with Gasteiger partial charge in [0.2, 0.25) is 0 Å². The molecular formula is C12H17Cl2N3O2. The second-order valence-electron chi connectivity index (χ2n) is 4.05. The van der Waals surface area contributed by atoms with Crippen LogP contribution in [0.25, 0.3) is 0 Å². The van der Waals surface area contributed by atoms with Gasteiger partial charge in [0.15, 0.2) is 0 Å². The number of aromatic nitrogens is 1. The molecule has 0 radical (unpaired) electrons. The van der Waals surface area contributed by atoms with Gasteiger partial charge in [0.05, 0.1) is 6.61 Å². The van der Waals surface area contributed by atoms with Crippen LogP contribution in [0.4, 0.5) is 0 Å². The molecule has 1 amide bonds. The standard InChI is InChI=1S/C12H17Cl2N3O2/c1-17(5-6-19-2)4-3-15-12(18)9-7-10(13)16-11(14)8-9/h7-8H,3-6H2,1-2H3,(H,15,18). The summed E-state index contributed by atoms with van der Waals surface area (Å²) in [4.78, 5) is 17.7. The second-order valence-corrected chi connectivity index (χ2v) is 4.83. The summed E-state index contributed by atoms with van der Waals surface area (Å²) >= 11 is 11.5. The highest BCUT2D eigenvalue weighted by Gasteiger charge is 2.08. The number of hydrogen-bond acceptors (Lipinski definition) is 4. The number of nitrogens with zero attached hydrogens (tertiary/aromatic N) is 2. The number of pyridine rings is 1. The van der Waals surface area contributed by atoms with Crippen LogP contribution in [-0.4, -0.2) is 56.2 Å². The molecular weight excluding hydrogens is 289 g/mol. The van der Waals surface area contributed by atoms with Crippen molar-refractivity contribution in [3.63, 3.8) is 0 Å². The van der Waals surface area contributed by atoms with Crippen molar-refractivity contribution >= 4 is 29.1 Å². The maximum Gasteiger partial charge on any atom is 0.251 e. The van der Waals surface area contributed by atoms with Crippen LogP contribution in [-0.2, 0) is 4.74 Å². The molecule has 0 aliphatic heterocycles. The zero-order chi connectivity index (χ0) is 14.3. The lowest BCUT2D eigenvalue weighted by Gasteiger charge is -2.16. The maximum absolute atomic E-state index is 11.8. The number of hydrogen-bond donors (Lipinski definition) is 1. The van der Waals surface area contributed by atoms with Crippen LogP contribution in [0.3, 0.4) is 0 Å². The number of nitrogens with one attached hydrogen (secondary N) is 1. The Morgan fingerprint density at radius 2 is 2.00 bits per heavy atom. The third-order valence-electron chi connectivity index (χ3n) is 2.48. The molecule has 0 aliphatic carbocycles. The first kappa shape index (κ1) is 16.2. The summed E-state index contributed by atoms with van der Waals surface area (Å²) < 4.78 is 4.97. The van der Waals surface area contributed by atoms with Gasteiger partial charge in [0.25, 0.3) is 5.91 Å². The molecule has 0 aromatic carbocycles. The van der Waals surface area contributed by atoms with E-state index < -0.39 is 0 Å². The van der Waals surface area contributed by atoms with E-state index >= 15 is 0 Å². The van der Waals surface area contributed by atoms with Crippen molar-refractivity contribution in [2.45, 2.75) is 0 Å². The summed E-state index contributed by atoms with van der Waals surface area (Å²) in [6.07, 6.45) is 0. The minimum Gasteiger partial charge on any atom is -0.383 e. The van der Waals surface area contributed by atoms with Gasteiger partial charge in [-0.25, -0.2) is 4.98 Å². The van der Waals surface area contributed by atoms with E-state index in [9.17, 15) is 4.79 Å². The summed E-state index contributed by atoms with van der Waals surface area (Å²) in [5.74, 6) is -0.216. The van der Waals surface area contributed by atoms with E-state index in [2.05, 4.69) is 15.2 Å². The van der Waals surface area contributed by atoms with Gasteiger partial charge in [-0.3, -0.25) is 4.79 Å². The van der Waals surface area contributed by atoms with E-state index in [-0.39, 0.29) is 16.2 Å². The first-order chi connectivity index (χ1) is 9.02. The van der Waals surface area contributed by atoms with Crippen LogP contribution in [0.15, 0.2) is 12.1 Å². The van der Waals surface area contributed by atoms with Crippen LogP contribution in [0.5, 0.6) is 0 Å². The molecule has 0 saturated heterocycles. The summed E-state index contributed by atoms with van der Waals surface area (Å²) in [5.41, 5.74) is 0.407. The summed E-state index contributed by atoms with van der Waals surface area (Å²) in [7, 11) is 3.62. The molecule has 1 heterocycles. The van der Waals surface area contributed by atoms with Crippen LogP contribution in [0.1, 0.15) is 10.4 Å². The zero-order valence-electron chi connectivity index (χ0n) is 10.9. The summed E-state index contributed by atoms with van der Waals surface area (Å²) in [5, 5.41) is 3.20. The first-order valence-corrected chi connectivity index (χ1v) is 6.57. The molecule has 1 aromatic heterocycles. The number of halogens is 2. The number of amides is 1. The molecule has 5 nitrogen and oxygen atoms in total. The number of carbonyl (C=O) groups is 1. The molecule has 0 aliphatic rings. The van der Waals surface area contributed by atoms with Crippen molar-refractivity contribution in [3.8, 4) is 0 Å². The van der Waals surface area contributed by atoms with Crippen LogP contribution < -0.4 is 5.32 Å². The largest absolute Gasteiger partial charge is 0.383 e. The lowest BCUT2D eigenvalue weighted by atomic mass is 10.2. The number of likely N-dealkylation sites (N-methyl/N-ethyl adjacent to an activating group) is 1. The predicted molar refractivity (Wildman–Crippen MR) is 76.0 cm³/mol. The molecule has 0 atom stereocenters. The van der Waals surface area contributed by atoms with Gasteiger partial charge in [0.1, 0.15) is 10.3 Å². The molecule has 1 N–H and O–H groups in total. The molecule has 19 heavy (non-hydrogen) atoms. The smallest absolute Gasteiger partial charge is 0.251 e. The number of methoxy groups -OCH3 is 1. The van der Waals surface area contributed by atoms with Gasteiger partial charge in [-0.1, -0.05) is 23.2 Å². The maximum atomic E-state index is 11.8. The fourth-order valence-electron chi connectivity index (χ4n) is 1.42. The third kappa shape index (κ3) is 6.20. The van der Waals surface area contributed by atoms with E-state index in [1.807, 2.05) is 7.05 Å². The van der Waals surface area contributed by atoms with Gasteiger partial charge in [-0.15, -0.1) is 0 Å². The number of ether oxygens (including phenoxy) is 1. The Hall–Kier alpha value is -0.880. The van der Waals surface area contributed by atoms with E-state index in [1.165, 1.54) is 12.1 Å². The average Bonchev–Trinajstić information content (AvgIpc) is 2.35. The second kappa shape index (κ2) is 8.32. The van der Waals surface area contributed by atoms with Crippen LogP contribution >= 0.6 is 23.2 Å². The van der Waals surface area contributed by atoms with Gasteiger partial charge >= 0.3 is 0 Å². The van der Waals surface area contributed by atoms with Gasteiger partial charge in [-0.2, -0.15) is 0 Å². The number of rotatable bonds is 7. The topological polar surface area (TPSA) is 54.5 Å². The Kier molecular flexibility index (Phi) is 7.09. The highest BCUT2D eigenvalue weighted by molar-refractivity contribution is 6.33. The third-order valence-corrected chi connectivity index (χ3v) is 2.87. The molecule has 7 heteroatoms. The molecule has 0 saturated carbocycles. The lowest BCUT2D eigenvalue weighted by molar-refractivity contribution is 0.0947. The summed E-state index contributed by atoms with van der Waals surface area (Å²) in [6, 6.07) is 2.97. The SMILES string of the molecule is COCCN(C)CCNC(=O)c1cc(Cl)nc(Cl)c1. The Labute approximate surface area is 122 Å². The molecule has 0 fully saturated rings. The highest BCUT2D eigenvalue weighted by Crippen LogP contribution is 2.14. The van der Waals surface area contributed by atoms with Crippen molar-refractivity contribution < 1.29 is 9.53 Å². The van der Waals surface area contributed by atoms with E-state index in [0.29, 0.717) is 18.7 Å². The molecule has 0 bridgehead atoms. The monoisotopic (exact) mass is 305 g/mol. The van der Waals surface area contributed by atoms with Crippen LogP contribution in [0, 0.1) is 0 Å². The number of carbonyl (C=O) groups excluding carboxylic acids is 1. The van der Waals surface area contributed by atoms with Crippen molar-refractivity contribution in [1.29, 1.82) is 0 Å². The Balaban J connectivity index is 2.39. The molecule has 1 rings (SSSR count). The van der Waals surface area contributed by atoms with E-state index in [0.717, 1.165) is 13.1 Å². The molecule has 0 unspecified atom stereocenters. The molecule has 1 aromatic rings. The van der Waals surface area contributed by atoms with Crippen molar-refractivity contribution in [2.75, 3.05) is 40.4 Å². The van der Waals surface area contributed by atoms with Crippen molar-refractivity contribution in [3.05, 3.63) is 28.0 Å². The fraction of sp³-hybridized carbons (Fsp3) is 0.500. The Morgan fingerprint density at radius 1 is 1.37 bits per heavy atom. The van der Waals surface area contributed by atoms with Crippen molar-refractivity contribution in [2.24, 2.45) is 0 Å². The van der Waals surface area contributed by atoms with Gasteiger partial charge < -0.3 is 15.0 Å². The van der Waals surface area contributed by atoms with E-state index in [1.54, 1.807) is 7.11 Å². The quantitative estimate of drug-likeness (QED) is 0.779. The first-order valence-electron chi connectivity index (χ1n) is 5.81. The normalized spacial score (nSPS) is 10.8. The summed E-state index contributed by atoms with van der Waals surface area (Å²) in [6.45, 7) is 2.76. The molecule has 0 spiro atoms. The zero-order valence-corrected chi connectivity index (χ0v) is 12.5. The molecule has 106 valence electrons. The average molecular weight is 306 g/mol. The van der Waals surface area contributed by atoms with Crippen molar-refractivity contribution in [1.82, 2.24) is 15.2 Å². The lowest BCUT2D eigenvalue weighted by Crippen LogP contribution is -2.34. The van der Waals surface area contributed by atoms with E-state index in [4.69, 9.17) is 27.9 Å². The minimum atomic E-state index is -0.216. The highest BCUT2D eigenvalue weighted by atomic mass is 35.5. The minimum absolute atomic E-state index is 0.204. The van der Waals surface area contributed by atoms with Gasteiger partial charge in [0, 0.05) is 32.3 Å². The van der Waals surface area contributed by atoms with Gasteiger partial charge in [-0.05, 0) is 19.2 Å².